The van der Waals surface area contributed by atoms with Gasteiger partial charge in [-0.15, -0.1) is 11.8 Å². The maximum Gasteiger partial charge on any atom is 0.257 e. The lowest BCUT2D eigenvalue weighted by molar-refractivity contribution is -0.124. The zero-order valence-electron chi connectivity index (χ0n) is 18.0. The molecular formula is C23H28FN3O3S. The topological polar surface area (TPSA) is 80.3 Å². The molecule has 2 aromatic rings. The first kappa shape index (κ1) is 23.1. The number of aromatic nitrogens is 1. The number of thioether (sulfide) groups is 1. The Balaban J connectivity index is 1.64. The highest BCUT2D eigenvalue weighted by atomic mass is 32.2. The molecule has 2 amide bonds. The molecule has 1 fully saturated rings. The van der Waals surface area contributed by atoms with Crippen LogP contribution in [0.5, 0.6) is 11.6 Å². The summed E-state index contributed by atoms with van der Waals surface area (Å²) >= 11 is 1.57. The molecule has 0 atom stereocenters. The quantitative estimate of drug-likeness (QED) is 0.611. The predicted octanol–water partition coefficient (Wildman–Crippen LogP) is 4.55. The number of carbonyl (C=O) groups excluding carboxylic acids is 2. The average molecular weight is 446 g/mol. The molecule has 3 rings (SSSR count). The highest BCUT2D eigenvalue weighted by Gasteiger charge is 2.26. The smallest absolute Gasteiger partial charge is 0.257 e. The number of amides is 2. The van der Waals surface area contributed by atoms with Crippen molar-refractivity contribution in [3.05, 3.63) is 47.9 Å². The third kappa shape index (κ3) is 6.43. The first-order chi connectivity index (χ1) is 14.9. The Morgan fingerprint density at radius 2 is 1.81 bits per heavy atom. The summed E-state index contributed by atoms with van der Waals surface area (Å²) < 4.78 is 19.6. The van der Waals surface area contributed by atoms with Crippen LogP contribution in [0.4, 0.5) is 4.39 Å². The summed E-state index contributed by atoms with van der Waals surface area (Å²) in [4.78, 5) is 29.8. The van der Waals surface area contributed by atoms with Crippen molar-refractivity contribution >= 4 is 23.6 Å². The first-order valence-electron chi connectivity index (χ1n) is 10.4. The van der Waals surface area contributed by atoms with Crippen LogP contribution >= 0.6 is 11.8 Å². The second kappa shape index (κ2) is 10.6. The van der Waals surface area contributed by atoms with Gasteiger partial charge in [-0.25, -0.2) is 9.37 Å². The summed E-state index contributed by atoms with van der Waals surface area (Å²) in [7, 11) is 0. The largest absolute Gasteiger partial charge is 0.438 e. The normalized spacial score (nSPS) is 18.5. The summed E-state index contributed by atoms with van der Waals surface area (Å²) in [5.41, 5.74) is 0.0600. The molecule has 0 aliphatic heterocycles. The Bertz CT molecular complexity index is 930. The van der Waals surface area contributed by atoms with Crippen molar-refractivity contribution in [2.45, 2.75) is 56.5 Å². The maximum atomic E-state index is 13.8. The molecular weight excluding hydrogens is 417 g/mol. The van der Waals surface area contributed by atoms with Gasteiger partial charge in [0.15, 0.2) is 0 Å². The van der Waals surface area contributed by atoms with Gasteiger partial charge in [0.05, 0.1) is 6.20 Å². The van der Waals surface area contributed by atoms with Gasteiger partial charge in [0.25, 0.3) is 5.91 Å². The molecule has 1 aromatic heterocycles. The molecule has 31 heavy (non-hydrogen) atoms. The highest BCUT2D eigenvalue weighted by Crippen LogP contribution is 2.28. The second-order valence-electron chi connectivity index (χ2n) is 7.97. The van der Waals surface area contributed by atoms with Gasteiger partial charge in [0.1, 0.15) is 17.1 Å². The Morgan fingerprint density at radius 3 is 2.45 bits per heavy atom. The van der Waals surface area contributed by atoms with Crippen LogP contribution in [0.15, 0.2) is 41.4 Å². The van der Waals surface area contributed by atoms with E-state index in [1.54, 1.807) is 17.8 Å². The zero-order chi connectivity index (χ0) is 22.4. The number of ether oxygens (including phenoxy) is 1. The van der Waals surface area contributed by atoms with E-state index in [0.29, 0.717) is 5.75 Å². The van der Waals surface area contributed by atoms with Crippen molar-refractivity contribution in [1.29, 1.82) is 0 Å². The number of hydrogen-bond acceptors (Lipinski definition) is 5. The Kier molecular flexibility index (Phi) is 7.90. The molecule has 0 unspecified atom stereocenters. The van der Waals surface area contributed by atoms with Crippen LogP contribution < -0.4 is 15.4 Å². The van der Waals surface area contributed by atoms with E-state index >= 15 is 0 Å². The maximum absolute atomic E-state index is 13.8. The number of benzene rings is 1. The van der Waals surface area contributed by atoms with Crippen LogP contribution in [0.1, 0.15) is 49.9 Å². The van der Waals surface area contributed by atoms with Gasteiger partial charge >= 0.3 is 0 Å². The van der Waals surface area contributed by atoms with Crippen molar-refractivity contribution in [1.82, 2.24) is 15.6 Å². The minimum atomic E-state index is -0.601. The second-order valence-corrected chi connectivity index (χ2v) is 8.85. The fourth-order valence-electron chi connectivity index (χ4n) is 3.46. The first-order valence-corrected chi connectivity index (χ1v) is 11.7. The van der Waals surface area contributed by atoms with Crippen molar-refractivity contribution in [2.24, 2.45) is 5.92 Å². The third-order valence-corrected chi connectivity index (χ3v) is 5.98. The van der Waals surface area contributed by atoms with Crippen molar-refractivity contribution < 1.29 is 18.7 Å². The lowest BCUT2D eigenvalue weighted by atomic mass is 9.90. The summed E-state index contributed by atoms with van der Waals surface area (Å²) in [5.74, 6) is -0.428. The van der Waals surface area contributed by atoms with Crippen LogP contribution in [-0.4, -0.2) is 35.1 Å². The van der Waals surface area contributed by atoms with E-state index in [9.17, 15) is 14.0 Å². The van der Waals surface area contributed by atoms with E-state index in [1.807, 2.05) is 38.3 Å². The van der Waals surface area contributed by atoms with Gasteiger partial charge in [-0.05, 0) is 56.2 Å². The summed E-state index contributed by atoms with van der Waals surface area (Å²) in [5, 5.41) is 6.01. The van der Waals surface area contributed by atoms with E-state index in [-0.39, 0.29) is 35.4 Å². The van der Waals surface area contributed by atoms with Gasteiger partial charge in [0, 0.05) is 22.9 Å². The van der Waals surface area contributed by atoms with E-state index in [1.165, 1.54) is 0 Å². The van der Waals surface area contributed by atoms with Crippen LogP contribution in [0, 0.1) is 11.7 Å². The zero-order valence-corrected chi connectivity index (χ0v) is 18.8. The molecule has 1 aromatic carbocycles. The van der Waals surface area contributed by atoms with E-state index in [4.69, 9.17) is 4.74 Å². The van der Waals surface area contributed by atoms with Crippen LogP contribution in [0.3, 0.4) is 0 Å². The number of rotatable bonds is 7. The Labute approximate surface area is 186 Å². The van der Waals surface area contributed by atoms with Crippen LogP contribution in [-0.2, 0) is 4.79 Å². The molecule has 0 saturated heterocycles. The fraction of sp³-hybridized carbons (Fsp3) is 0.435. The summed E-state index contributed by atoms with van der Waals surface area (Å²) in [6.07, 6.45) is 6.04. The third-order valence-electron chi connectivity index (χ3n) is 5.25. The van der Waals surface area contributed by atoms with E-state index in [0.717, 1.165) is 42.8 Å². The molecule has 1 saturated carbocycles. The summed E-state index contributed by atoms with van der Waals surface area (Å²) in [6, 6.07) is 8.62. The van der Waals surface area contributed by atoms with Crippen LogP contribution in [0.2, 0.25) is 0 Å². The Morgan fingerprint density at radius 1 is 1.13 bits per heavy atom. The summed E-state index contributed by atoms with van der Waals surface area (Å²) in [6.45, 7) is 3.73. The molecule has 8 heteroatoms. The molecule has 1 aliphatic rings. The molecule has 0 bridgehead atoms. The van der Waals surface area contributed by atoms with Gasteiger partial charge in [0.2, 0.25) is 11.8 Å². The standard InChI is InChI=1S/C23H28FN3O3S/c1-14(2)21(28)26-16-7-9-17(10-8-16)27-22(29)20-11-15(24)13-25-23(20)30-18-5-4-6-19(12-18)31-3/h4-6,11-14,16-17H,7-10H2,1-3H3,(H,26,28)(H,27,29). The molecule has 6 nitrogen and oxygen atoms in total. The van der Waals surface area contributed by atoms with Gasteiger partial charge < -0.3 is 15.4 Å². The number of carbonyl (C=O) groups is 2. The van der Waals surface area contributed by atoms with Gasteiger partial charge in [-0.3, -0.25) is 9.59 Å². The monoisotopic (exact) mass is 445 g/mol. The van der Waals surface area contributed by atoms with E-state index < -0.39 is 11.7 Å². The molecule has 1 heterocycles. The van der Waals surface area contributed by atoms with Crippen molar-refractivity contribution in [3.8, 4) is 11.6 Å². The number of pyridine rings is 1. The molecule has 1 aliphatic carbocycles. The lowest BCUT2D eigenvalue weighted by Crippen LogP contribution is -2.44. The SMILES string of the molecule is CSc1cccc(Oc2ncc(F)cc2C(=O)NC2CCC(NC(=O)C(C)C)CC2)c1. The van der Waals surface area contributed by atoms with E-state index in [2.05, 4.69) is 15.6 Å². The predicted molar refractivity (Wildman–Crippen MR) is 119 cm³/mol. The lowest BCUT2D eigenvalue weighted by Gasteiger charge is -2.30. The molecule has 0 radical (unpaired) electrons. The molecule has 0 spiro atoms. The number of halogens is 1. The van der Waals surface area contributed by atoms with Crippen LogP contribution in [0.25, 0.3) is 0 Å². The minimum Gasteiger partial charge on any atom is -0.438 e. The van der Waals surface area contributed by atoms with Gasteiger partial charge in [-0.1, -0.05) is 19.9 Å². The number of hydrogen-bond donors (Lipinski definition) is 2. The Hall–Kier alpha value is -2.61. The highest BCUT2D eigenvalue weighted by molar-refractivity contribution is 7.98. The number of nitrogens with zero attached hydrogens (tertiary/aromatic N) is 1. The number of nitrogens with one attached hydrogen (secondary N) is 2. The van der Waals surface area contributed by atoms with Crippen molar-refractivity contribution in [3.63, 3.8) is 0 Å². The fourth-order valence-corrected chi connectivity index (χ4v) is 3.91. The molecule has 166 valence electrons. The van der Waals surface area contributed by atoms with Gasteiger partial charge in [-0.2, -0.15) is 0 Å². The average Bonchev–Trinajstić information content (AvgIpc) is 2.76. The van der Waals surface area contributed by atoms with Crippen molar-refractivity contribution in [2.75, 3.05) is 6.26 Å². The minimum absolute atomic E-state index is 0.0457. The molecule has 2 N–H and O–H groups in total.